The zero-order valence-corrected chi connectivity index (χ0v) is 11.8. The summed E-state index contributed by atoms with van der Waals surface area (Å²) >= 11 is 6.21. The number of benzene rings is 2. The van der Waals surface area contributed by atoms with Gasteiger partial charge in [0.25, 0.3) is 0 Å². The molecule has 0 heterocycles. The van der Waals surface area contributed by atoms with E-state index >= 15 is 0 Å². The van der Waals surface area contributed by atoms with E-state index in [1.54, 1.807) is 0 Å². The predicted molar refractivity (Wildman–Crippen MR) is 78.4 cm³/mol. The number of fused-ring (bicyclic) bond motifs is 1. The average molecular weight is 291 g/mol. The molecule has 3 rings (SSSR count). The first-order chi connectivity index (χ1) is 9.61. The maximum Gasteiger partial charge on any atom is 0.123 e. The number of halogens is 2. The molecule has 104 valence electrons. The molecule has 1 unspecified atom stereocenters. The van der Waals surface area contributed by atoms with Crippen molar-refractivity contribution in [1.29, 1.82) is 0 Å². The second kappa shape index (κ2) is 5.19. The van der Waals surface area contributed by atoms with Crippen molar-refractivity contribution in [2.24, 2.45) is 0 Å². The van der Waals surface area contributed by atoms with E-state index in [2.05, 4.69) is 0 Å². The zero-order chi connectivity index (χ0) is 14.2. The van der Waals surface area contributed by atoms with Crippen molar-refractivity contribution in [2.75, 3.05) is 0 Å². The largest absolute Gasteiger partial charge is 0.380 e. The van der Waals surface area contributed by atoms with Crippen LogP contribution in [0.1, 0.15) is 36.0 Å². The summed E-state index contributed by atoms with van der Waals surface area (Å²) < 4.78 is 13.6. The van der Waals surface area contributed by atoms with Gasteiger partial charge in [-0.15, -0.1) is 0 Å². The Balaban J connectivity index is 2.22. The number of hydrogen-bond donors (Lipinski definition) is 1. The first-order valence-corrected chi connectivity index (χ1v) is 7.25. The van der Waals surface area contributed by atoms with Gasteiger partial charge in [-0.3, -0.25) is 0 Å². The van der Waals surface area contributed by atoms with Crippen molar-refractivity contribution in [3.05, 3.63) is 70.0 Å². The summed E-state index contributed by atoms with van der Waals surface area (Å²) in [6, 6.07) is 12.0. The van der Waals surface area contributed by atoms with Crippen molar-refractivity contribution in [3.8, 4) is 0 Å². The Bertz CT molecular complexity index is 641. The van der Waals surface area contributed by atoms with Crippen LogP contribution in [0.5, 0.6) is 0 Å². The van der Waals surface area contributed by atoms with Gasteiger partial charge in [0.1, 0.15) is 11.4 Å². The highest BCUT2D eigenvalue weighted by atomic mass is 35.5. The molecule has 1 aliphatic rings. The van der Waals surface area contributed by atoms with Crippen LogP contribution in [0.4, 0.5) is 4.39 Å². The molecule has 0 saturated heterocycles. The molecule has 1 aliphatic carbocycles. The van der Waals surface area contributed by atoms with Crippen LogP contribution in [0.2, 0.25) is 5.02 Å². The van der Waals surface area contributed by atoms with E-state index in [0.29, 0.717) is 17.0 Å². The minimum atomic E-state index is -1.20. The summed E-state index contributed by atoms with van der Waals surface area (Å²) in [5.74, 6) is -0.375. The fraction of sp³-hybridized carbons (Fsp3) is 0.294. The van der Waals surface area contributed by atoms with E-state index in [4.69, 9.17) is 11.6 Å². The number of hydrogen-bond acceptors (Lipinski definition) is 1. The lowest BCUT2D eigenvalue weighted by Gasteiger charge is -2.30. The van der Waals surface area contributed by atoms with E-state index < -0.39 is 5.60 Å². The topological polar surface area (TPSA) is 20.2 Å². The molecule has 0 bridgehead atoms. The molecule has 0 aliphatic heterocycles. The summed E-state index contributed by atoms with van der Waals surface area (Å²) in [6.07, 6.45) is 3.41. The van der Waals surface area contributed by atoms with Crippen LogP contribution in [0.25, 0.3) is 0 Å². The van der Waals surface area contributed by atoms with Crippen molar-refractivity contribution in [1.82, 2.24) is 0 Å². The van der Waals surface area contributed by atoms with E-state index in [0.717, 1.165) is 30.4 Å². The van der Waals surface area contributed by atoms with Gasteiger partial charge in [-0.05, 0) is 55.0 Å². The molecule has 20 heavy (non-hydrogen) atoms. The minimum Gasteiger partial charge on any atom is -0.380 e. The maximum atomic E-state index is 13.6. The van der Waals surface area contributed by atoms with Gasteiger partial charge < -0.3 is 5.11 Å². The predicted octanol–water partition coefficient (Wildman–Crippen LogP) is 4.44. The normalized spacial score (nSPS) is 22.1. The van der Waals surface area contributed by atoms with Gasteiger partial charge in [0, 0.05) is 10.6 Å². The summed E-state index contributed by atoms with van der Waals surface area (Å²) in [7, 11) is 0. The highest BCUT2D eigenvalue weighted by Gasteiger charge is 2.36. The number of aliphatic hydroxyl groups is 1. The molecular weight excluding hydrogens is 275 g/mol. The molecular formula is C17H16ClFO. The fourth-order valence-electron chi connectivity index (χ4n) is 3.07. The van der Waals surface area contributed by atoms with Crippen LogP contribution in [-0.2, 0) is 12.0 Å². The van der Waals surface area contributed by atoms with E-state index in [9.17, 15) is 9.50 Å². The summed E-state index contributed by atoms with van der Waals surface area (Å²) in [6.45, 7) is 0. The smallest absolute Gasteiger partial charge is 0.123 e. The molecule has 2 aromatic rings. The first kappa shape index (κ1) is 13.6. The van der Waals surface area contributed by atoms with Crippen LogP contribution in [-0.4, -0.2) is 5.11 Å². The third-order valence-corrected chi connectivity index (χ3v) is 4.40. The Morgan fingerprint density at radius 2 is 1.85 bits per heavy atom. The molecule has 1 atom stereocenters. The monoisotopic (exact) mass is 290 g/mol. The van der Waals surface area contributed by atoms with Gasteiger partial charge in [-0.1, -0.05) is 35.9 Å². The molecule has 2 aromatic carbocycles. The van der Waals surface area contributed by atoms with Gasteiger partial charge in [-0.25, -0.2) is 4.39 Å². The quantitative estimate of drug-likeness (QED) is 0.770. The molecule has 0 fully saturated rings. The van der Waals surface area contributed by atoms with Gasteiger partial charge in [0.2, 0.25) is 0 Å². The standard InChI is InChI=1S/C17H16ClFO/c18-16-9-8-13(19)11-15(16)17(20)10-4-3-6-12-5-1-2-7-14(12)17/h1-2,5,7-9,11,20H,3-4,6,10H2. The number of aryl methyl sites for hydroxylation is 1. The van der Waals surface area contributed by atoms with E-state index in [-0.39, 0.29) is 5.82 Å². The summed E-state index contributed by atoms with van der Waals surface area (Å²) in [5.41, 5.74) is 1.23. The van der Waals surface area contributed by atoms with Gasteiger partial charge in [0.05, 0.1) is 0 Å². The van der Waals surface area contributed by atoms with Crippen LogP contribution in [0.15, 0.2) is 42.5 Å². The van der Waals surface area contributed by atoms with Gasteiger partial charge in [-0.2, -0.15) is 0 Å². The zero-order valence-electron chi connectivity index (χ0n) is 11.1. The van der Waals surface area contributed by atoms with Crippen molar-refractivity contribution in [3.63, 3.8) is 0 Å². The summed E-state index contributed by atoms with van der Waals surface area (Å²) in [4.78, 5) is 0. The molecule has 1 nitrogen and oxygen atoms in total. The Hall–Kier alpha value is -1.38. The van der Waals surface area contributed by atoms with E-state index in [1.165, 1.54) is 18.2 Å². The van der Waals surface area contributed by atoms with Gasteiger partial charge >= 0.3 is 0 Å². The molecule has 0 spiro atoms. The Morgan fingerprint density at radius 1 is 1.05 bits per heavy atom. The van der Waals surface area contributed by atoms with E-state index in [1.807, 2.05) is 24.3 Å². The molecule has 1 N–H and O–H groups in total. The first-order valence-electron chi connectivity index (χ1n) is 6.87. The molecule has 0 radical (unpaired) electrons. The molecule has 3 heteroatoms. The van der Waals surface area contributed by atoms with Crippen LogP contribution >= 0.6 is 11.6 Å². The third kappa shape index (κ3) is 2.23. The lowest BCUT2D eigenvalue weighted by molar-refractivity contribution is 0.0702. The molecule has 0 aromatic heterocycles. The van der Waals surface area contributed by atoms with Crippen molar-refractivity contribution >= 4 is 11.6 Å². The average Bonchev–Trinajstić information content (AvgIpc) is 2.62. The van der Waals surface area contributed by atoms with Crippen molar-refractivity contribution in [2.45, 2.75) is 31.3 Å². The van der Waals surface area contributed by atoms with Crippen molar-refractivity contribution < 1.29 is 9.50 Å². The summed E-state index contributed by atoms with van der Waals surface area (Å²) in [5, 5.41) is 11.6. The minimum absolute atomic E-state index is 0.375. The third-order valence-electron chi connectivity index (χ3n) is 4.07. The Morgan fingerprint density at radius 3 is 2.70 bits per heavy atom. The highest BCUT2D eigenvalue weighted by molar-refractivity contribution is 6.31. The van der Waals surface area contributed by atoms with Crippen LogP contribution in [0.3, 0.4) is 0 Å². The SMILES string of the molecule is OC1(c2cc(F)ccc2Cl)CCCCc2ccccc21. The number of rotatable bonds is 1. The lowest BCUT2D eigenvalue weighted by Crippen LogP contribution is -2.28. The fourth-order valence-corrected chi connectivity index (χ4v) is 3.34. The van der Waals surface area contributed by atoms with Gasteiger partial charge in [0.15, 0.2) is 0 Å². The maximum absolute atomic E-state index is 13.6. The molecule has 0 saturated carbocycles. The highest BCUT2D eigenvalue weighted by Crippen LogP contribution is 2.42. The Labute approximate surface area is 123 Å². The second-order valence-corrected chi connectivity index (χ2v) is 5.76. The molecule has 0 amide bonds. The lowest BCUT2D eigenvalue weighted by atomic mass is 9.82. The second-order valence-electron chi connectivity index (χ2n) is 5.35. The van der Waals surface area contributed by atoms with Crippen LogP contribution < -0.4 is 0 Å². The Kier molecular flexibility index (Phi) is 3.53. The van der Waals surface area contributed by atoms with Crippen LogP contribution in [0, 0.1) is 5.82 Å².